The molecule has 1 aliphatic rings. The molecule has 0 atom stereocenters. The van der Waals surface area contributed by atoms with E-state index in [1.165, 1.54) is 0 Å². The van der Waals surface area contributed by atoms with E-state index in [1.807, 2.05) is 30.3 Å². The zero-order valence-electron chi connectivity index (χ0n) is 19.1. The van der Waals surface area contributed by atoms with Crippen molar-refractivity contribution in [2.24, 2.45) is 0 Å². The highest BCUT2D eigenvalue weighted by molar-refractivity contribution is 5.98. The topological polar surface area (TPSA) is 70.2 Å². The van der Waals surface area contributed by atoms with Gasteiger partial charge < -0.3 is 29.5 Å². The standard InChI is InChI=1S/C23H33N5O3/c1-6-11-24-22-18(23(29)26(2)3)8-10-21(25-22)28-14-12-27(13-15-28)19-9-7-17(30-4)16-20(19)31-5/h7-10,16H,6,11-15H2,1-5H3,(H,24,25). The summed E-state index contributed by atoms with van der Waals surface area (Å²) < 4.78 is 10.9. The van der Waals surface area contributed by atoms with Crippen molar-refractivity contribution in [3.63, 3.8) is 0 Å². The third-order valence-corrected chi connectivity index (χ3v) is 5.39. The Kier molecular flexibility index (Phi) is 7.44. The molecule has 3 rings (SSSR count). The predicted molar refractivity (Wildman–Crippen MR) is 125 cm³/mol. The van der Waals surface area contributed by atoms with Crippen molar-refractivity contribution in [1.82, 2.24) is 9.88 Å². The number of anilines is 3. The summed E-state index contributed by atoms with van der Waals surface area (Å²) >= 11 is 0. The summed E-state index contributed by atoms with van der Waals surface area (Å²) in [5.74, 6) is 3.08. The quantitative estimate of drug-likeness (QED) is 0.695. The number of methoxy groups -OCH3 is 2. The third-order valence-electron chi connectivity index (χ3n) is 5.39. The molecule has 8 heteroatoms. The summed E-state index contributed by atoms with van der Waals surface area (Å²) in [5.41, 5.74) is 1.66. The average molecular weight is 428 g/mol. The van der Waals surface area contributed by atoms with E-state index in [4.69, 9.17) is 14.5 Å². The van der Waals surface area contributed by atoms with E-state index < -0.39 is 0 Å². The maximum absolute atomic E-state index is 12.5. The molecule has 0 aliphatic carbocycles. The first-order valence-corrected chi connectivity index (χ1v) is 10.7. The Morgan fingerprint density at radius 3 is 2.39 bits per heavy atom. The van der Waals surface area contributed by atoms with Crippen LogP contribution in [0.25, 0.3) is 0 Å². The molecule has 2 aromatic rings. The van der Waals surface area contributed by atoms with E-state index in [-0.39, 0.29) is 5.91 Å². The lowest BCUT2D eigenvalue weighted by atomic mass is 10.2. The molecule has 1 aromatic carbocycles. The lowest BCUT2D eigenvalue weighted by Gasteiger charge is -2.37. The number of aromatic nitrogens is 1. The molecule has 2 heterocycles. The van der Waals surface area contributed by atoms with Gasteiger partial charge in [-0.1, -0.05) is 6.92 Å². The minimum Gasteiger partial charge on any atom is -0.497 e. The molecule has 0 unspecified atom stereocenters. The Morgan fingerprint density at radius 2 is 1.77 bits per heavy atom. The second kappa shape index (κ2) is 10.2. The van der Waals surface area contributed by atoms with Gasteiger partial charge in [-0.2, -0.15) is 0 Å². The number of ether oxygens (including phenoxy) is 2. The zero-order chi connectivity index (χ0) is 22.4. The molecule has 0 saturated carbocycles. The van der Waals surface area contributed by atoms with Gasteiger partial charge in [0.2, 0.25) is 0 Å². The monoisotopic (exact) mass is 427 g/mol. The van der Waals surface area contributed by atoms with E-state index in [0.717, 1.165) is 62.1 Å². The normalized spacial score (nSPS) is 13.7. The number of rotatable bonds is 8. The molecule has 1 aromatic heterocycles. The zero-order valence-corrected chi connectivity index (χ0v) is 19.1. The summed E-state index contributed by atoms with van der Waals surface area (Å²) in [6.45, 7) is 6.22. The molecule has 0 radical (unpaired) electrons. The second-order valence-electron chi connectivity index (χ2n) is 7.70. The highest BCUT2D eigenvalue weighted by Gasteiger charge is 2.23. The van der Waals surface area contributed by atoms with Crippen LogP contribution in [-0.4, -0.2) is 76.8 Å². The maximum Gasteiger partial charge on any atom is 0.257 e. The summed E-state index contributed by atoms with van der Waals surface area (Å²) in [6.07, 6.45) is 0.962. The molecule has 31 heavy (non-hydrogen) atoms. The van der Waals surface area contributed by atoms with Crippen LogP contribution in [0.5, 0.6) is 11.5 Å². The van der Waals surface area contributed by atoms with E-state index in [1.54, 1.807) is 33.2 Å². The lowest BCUT2D eigenvalue weighted by molar-refractivity contribution is 0.0828. The Hall–Kier alpha value is -3.16. The van der Waals surface area contributed by atoms with E-state index in [2.05, 4.69) is 22.0 Å². The van der Waals surface area contributed by atoms with Gasteiger partial charge in [0.1, 0.15) is 23.1 Å². The molecule has 0 spiro atoms. The van der Waals surface area contributed by atoms with Crippen LogP contribution >= 0.6 is 0 Å². The SMILES string of the molecule is CCCNc1nc(N2CCN(c3ccc(OC)cc3OC)CC2)ccc1C(=O)N(C)C. The smallest absolute Gasteiger partial charge is 0.257 e. The molecular weight excluding hydrogens is 394 g/mol. The first-order chi connectivity index (χ1) is 15.0. The number of benzene rings is 1. The fourth-order valence-electron chi connectivity index (χ4n) is 3.64. The summed E-state index contributed by atoms with van der Waals surface area (Å²) in [7, 11) is 6.85. The molecule has 1 amide bonds. The molecule has 1 saturated heterocycles. The van der Waals surface area contributed by atoms with Gasteiger partial charge >= 0.3 is 0 Å². The number of nitrogens with one attached hydrogen (secondary N) is 1. The van der Waals surface area contributed by atoms with Crippen molar-refractivity contribution >= 4 is 23.2 Å². The minimum atomic E-state index is -0.0472. The number of hydrogen-bond donors (Lipinski definition) is 1. The molecular formula is C23H33N5O3. The van der Waals surface area contributed by atoms with Gasteiger partial charge in [0.25, 0.3) is 5.91 Å². The van der Waals surface area contributed by atoms with Gasteiger partial charge in [-0.05, 0) is 30.7 Å². The average Bonchev–Trinajstić information content (AvgIpc) is 2.81. The highest BCUT2D eigenvalue weighted by atomic mass is 16.5. The van der Waals surface area contributed by atoms with Crippen LogP contribution < -0.4 is 24.6 Å². The number of amides is 1. The maximum atomic E-state index is 12.5. The second-order valence-corrected chi connectivity index (χ2v) is 7.70. The lowest BCUT2D eigenvalue weighted by Crippen LogP contribution is -2.47. The third kappa shape index (κ3) is 5.13. The van der Waals surface area contributed by atoms with Gasteiger partial charge in [-0.15, -0.1) is 0 Å². The summed E-state index contributed by atoms with van der Waals surface area (Å²) in [5, 5.41) is 3.31. The number of carbonyl (C=O) groups is 1. The molecule has 0 bridgehead atoms. The summed E-state index contributed by atoms with van der Waals surface area (Å²) in [4.78, 5) is 23.5. The van der Waals surface area contributed by atoms with Crippen LogP contribution in [0.3, 0.4) is 0 Å². The van der Waals surface area contributed by atoms with Crippen molar-refractivity contribution in [3.8, 4) is 11.5 Å². The predicted octanol–water partition coefficient (Wildman–Crippen LogP) is 2.95. The van der Waals surface area contributed by atoms with E-state index in [9.17, 15) is 4.79 Å². The summed E-state index contributed by atoms with van der Waals surface area (Å²) in [6, 6.07) is 9.73. The number of nitrogens with zero attached hydrogens (tertiary/aromatic N) is 4. The van der Waals surface area contributed by atoms with E-state index in [0.29, 0.717) is 11.4 Å². The number of carbonyl (C=O) groups excluding carboxylic acids is 1. The molecule has 1 fully saturated rings. The fraction of sp³-hybridized carbons (Fsp3) is 0.478. The van der Waals surface area contributed by atoms with Crippen molar-refractivity contribution in [2.75, 3.05) is 76.2 Å². The van der Waals surface area contributed by atoms with Crippen LogP contribution in [0.1, 0.15) is 23.7 Å². The van der Waals surface area contributed by atoms with Crippen molar-refractivity contribution < 1.29 is 14.3 Å². The van der Waals surface area contributed by atoms with Gasteiger partial charge in [0, 0.05) is 52.9 Å². The van der Waals surface area contributed by atoms with Crippen LogP contribution in [0.2, 0.25) is 0 Å². The Labute approximate surface area is 184 Å². The van der Waals surface area contributed by atoms with Crippen LogP contribution in [-0.2, 0) is 0 Å². The number of hydrogen-bond acceptors (Lipinski definition) is 7. The highest BCUT2D eigenvalue weighted by Crippen LogP contribution is 2.33. The van der Waals surface area contributed by atoms with Crippen molar-refractivity contribution in [3.05, 3.63) is 35.9 Å². The van der Waals surface area contributed by atoms with Crippen LogP contribution in [0, 0.1) is 0 Å². The van der Waals surface area contributed by atoms with Crippen molar-refractivity contribution in [2.45, 2.75) is 13.3 Å². The van der Waals surface area contributed by atoms with Gasteiger partial charge in [-0.25, -0.2) is 4.98 Å². The minimum absolute atomic E-state index is 0.0472. The molecule has 1 N–H and O–H groups in total. The van der Waals surface area contributed by atoms with Gasteiger partial charge in [0.05, 0.1) is 25.5 Å². The van der Waals surface area contributed by atoms with E-state index >= 15 is 0 Å². The van der Waals surface area contributed by atoms with Crippen molar-refractivity contribution in [1.29, 1.82) is 0 Å². The Morgan fingerprint density at radius 1 is 1.06 bits per heavy atom. The number of pyridine rings is 1. The molecule has 1 aliphatic heterocycles. The first kappa shape index (κ1) is 22.5. The number of piperazine rings is 1. The Balaban J connectivity index is 1.75. The first-order valence-electron chi connectivity index (χ1n) is 10.7. The van der Waals surface area contributed by atoms with Gasteiger partial charge in [0.15, 0.2) is 0 Å². The Bertz CT molecular complexity index is 895. The van der Waals surface area contributed by atoms with Gasteiger partial charge in [-0.3, -0.25) is 4.79 Å². The van der Waals surface area contributed by atoms with Crippen LogP contribution in [0.4, 0.5) is 17.3 Å². The van der Waals surface area contributed by atoms with Crippen LogP contribution in [0.15, 0.2) is 30.3 Å². The fourth-order valence-corrected chi connectivity index (χ4v) is 3.64. The molecule has 8 nitrogen and oxygen atoms in total. The molecule has 168 valence electrons. The largest absolute Gasteiger partial charge is 0.497 e.